The largest absolute Gasteiger partial charge is 0.207 e. The minimum Gasteiger partial charge on any atom is -0.207 e. The van der Waals surface area contributed by atoms with Gasteiger partial charge in [0.05, 0.1) is 0 Å². The van der Waals surface area contributed by atoms with Crippen LogP contribution in [-0.4, -0.2) is 0 Å². The highest BCUT2D eigenvalue weighted by Crippen LogP contribution is 2.38. The van der Waals surface area contributed by atoms with Gasteiger partial charge in [0, 0.05) is 0 Å². The lowest BCUT2D eigenvalue weighted by Crippen LogP contribution is -2.13. The Labute approximate surface area is 133 Å². The Bertz CT molecular complexity index is 608. The van der Waals surface area contributed by atoms with Gasteiger partial charge in [-0.25, -0.2) is 4.39 Å². The van der Waals surface area contributed by atoms with Gasteiger partial charge in [0.2, 0.25) is 0 Å². The third-order valence-electron chi connectivity index (χ3n) is 5.36. The lowest BCUT2D eigenvalue weighted by Gasteiger charge is -2.29. The first-order chi connectivity index (χ1) is 10.8. The molecule has 0 bridgehead atoms. The van der Waals surface area contributed by atoms with Crippen LogP contribution in [0.1, 0.15) is 69.8 Å². The predicted octanol–water partition coefficient (Wildman–Crippen LogP) is 6.83. The zero-order valence-corrected chi connectivity index (χ0v) is 13.7. The van der Waals surface area contributed by atoms with Crippen molar-refractivity contribution in [2.24, 2.45) is 5.92 Å². The van der Waals surface area contributed by atoms with Crippen LogP contribution in [0.4, 0.5) is 4.39 Å². The molecular weight excluding hydrogens is 271 g/mol. The SMILES string of the molecule is CCCCC[C@H]1CC[C@H](c2ccc3cc(F)ccc3c2)CC1. The molecule has 1 aliphatic carbocycles. The maximum atomic E-state index is 13.3. The van der Waals surface area contributed by atoms with E-state index in [1.807, 2.05) is 6.07 Å². The summed E-state index contributed by atoms with van der Waals surface area (Å²) in [6, 6.07) is 11.7. The fraction of sp³-hybridized carbons (Fsp3) is 0.524. The molecule has 0 spiro atoms. The molecule has 0 N–H and O–H groups in total. The second kappa shape index (κ2) is 7.26. The standard InChI is InChI=1S/C21H27F/c1-2-3-4-5-16-6-8-17(9-7-16)18-10-11-20-15-21(22)13-12-19(20)14-18/h10-17H,2-9H2,1H3/t16-,17-. The topological polar surface area (TPSA) is 0 Å². The molecule has 0 aromatic heterocycles. The van der Waals surface area contributed by atoms with Crippen molar-refractivity contribution in [3.63, 3.8) is 0 Å². The maximum Gasteiger partial charge on any atom is 0.123 e. The molecule has 3 rings (SSSR count). The fourth-order valence-corrected chi connectivity index (χ4v) is 3.96. The van der Waals surface area contributed by atoms with Gasteiger partial charge in [-0.2, -0.15) is 0 Å². The summed E-state index contributed by atoms with van der Waals surface area (Å²) in [4.78, 5) is 0. The number of fused-ring (bicyclic) bond motifs is 1. The summed E-state index contributed by atoms with van der Waals surface area (Å²) < 4.78 is 13.3. The Hall–Kier alpha value is -1.37. The summed E-state index contributed by atoms with van der Waals surface area (Å²) in [5.41, 5.74) is 1.45. The van der Waals surface area contributed by atoms with Gasteiger partial charge in [-0.05, 0) is 66.0 Å². The monoisotopic (exact) mass is 298 g/mol. The molecule has 0 amide bonds. The first-order valence-electron chi connectivity index (χ1n) is 8.95. The molecule has 1 fully saturated rings. The average Bonchev–Trinajstić information content (AvgIpc) is 2.55. The van der Waals surface area contributed by atoms with Crippen molar-refractivity contribution in [2.75, 3.05) is 0 Å². The van der Waals surface area contributed by atoms with Gasteiger partial charge in [-0.3, -0.25) is 0 Å². The minimum absolute atomic E-state index is 0.146. The van der Waals surface area contributed by atoms with Gasteiger partial charge in [0.15, 0.2) is 0 Å². The second-order valence-electron chi connectivity index (χ2n) is 6.96. The van der Waals surface area contributed by atoms with Crippen LogP contribution in [0.25, 0.3) is 10.8 Å². The van der Waals surface area contributed by atoms with E-state index in [0.717, 1.165) is 11.3 Å². The van der Waals surface area contributed by atoms with Crippen molar-refractivity contribution in [3.8, 4) is 0 Å². The fourth-order valence-electron chi connectivity index (χ4n) is 3.96. The summed E-state index contributed by atoms with van der Waals surface area (Å²) >= 11 is 0. The number of hydrogen-bond donors (Lipinski definition) is 0. The quantitative estimate of drug-likeness (QED) is 0.530. The van der Waals surface area contributed by atoms with E-state index in [9.17, 15) is 4.39 Å². The lowest BCUT2D eigenvalue weighted by molar-refractivity contribution is 0.303. The molecule has 1 saturated carbocycles. The Kier molecular flexibility index (Phi) is 5.12. The highest BCUT2D eigenvalue weighted by molar-refractivity contribution is 5.83. The van der Waals surface area contributed by atoms with E-state index >= 15 is 0 Å². The summed E-state index contributed by atoms with van der Waals surface area (Å²) in [6.45, 7) is 2.28. The van der Waals surface area contributed by atoms with Gasteiger partial charge >= 0.3 is 0 Å². The number of unbranched alkanes of at least 4 members (excludes halogenated alkanes) is 2. The van der Waals surface area contributed by atoms with Gasteiger partial charge in [0.25, 0.3) is 0 Å². The van der Waals surface area contributed by atoms with E-state index in [1.54, 1.807) is 12.1 Å². The van der Waals surface area contributed by atoms with Crippen molar-refractivity contribution >= 4 is 10.8 Å². The molecule has 0 atom stereocenters. The predicted molar refractivity (Wildman–Crippen MR) is 92.7 cm³/mol. The molecule has 0 saturated heterocycles. The molecule has 118 valence electrons. The van der Waals surface area contributed by atoms with Crippen LogP contribution in [0.2, 0.25) is 0 Å². The molecule has 0 nitrogen and oxygen atoms in total. The summed E-state index contributed by atoms with van der Waals surface area (Å²) in [6.07, 6.45) is 11.0. The third-order valence-corrected chi connectivity index (χ3v) is 5.36. The van der Waals surface area contributed by atoms with Crippen LogP contribution in [0.5, 0.6) is 0 Å². The lowest BCUT2D eigenvalue weighted by atomic mass is 9.77. The van der Waals surface area contributed by atoms with Gasteiger partial charge in [-0.1, -0.05) is 56.9 Å². The summed E-state index contributed by atoms with van der Waals surface area (Å²) in [5.74, 6) is 1.52. The Morgan fingerprint density at radius 3 is 2.41 bits per heavy atom. The van der Waals surface area contributed by atoms with Crippen LogP contribution in [0.3, 0.4) is 0 Å². The van der Waals surface area contributed by atoms with Crippen LogP contribution in [0, 0.1) is 11.7 Å². The van der Waals surface area contributed by atoms with Crippen molar-refractivity contribution < 1.29 is 4.39 Å². The minimum atomic E-state index is -0.146. The van der Waals surface area contributed by atoms with Crippen LogP contribution in [-0.2, 0) is 0 Å². The van der Waals surface area contributed by atoms with Crippen molar-refractivity contribution in [3.05, 3.63) is 47.8 Å². The second-order valence-corrected chi connectivity index (χ2v) is 6.96. The van der Waals surface area contributed by atoms with Crippen LogP contribution < -0.4 is 0 Å². The van der Waals surface area contributed by atoms with Crippen LogP contribution >= 0.6 is 0 Å². The van der Waals surface area contributed by atoms with Gasteiger partial charge in [0.1, 0.15) is 5.82 Å². The molecule has 0 heterocycles. The highest BCUT2D eigenvalue weighted by atomic mass is 19.1. The molecular formula is C21H27F. The molecule has 0 radical (unpaired) electrons. The third kappa shape index (κ3) is 3.69. The number of halogens is 1. The van der Waals surface area contributed by atoms with Crippen molar-refractivity contribution in [1.82, 2.24) is 0 Å². The zero-order valence-electron chi connectivity index (χ0n) is 13.7. The van der Waals surface area contributed by atoms with E-state index in [-0.39, 0.29) is 5.82 Å². The summed E-state index contributed by atoms with van der Waals surface area (Å²) in [7, 11) is 0. The van der Waals surface area contributed by atoms with E-state index in [4.69, 9.17) is 0 Å². The molecule has 2 aromatic rings. The molecule has 1 heteroatoms. The van der Waals surface area contributed by atoms with E-state index in [0.29, 0.717) is 5.92 Å². The number of benzene rings is 2. The maximum absolute atomic E-state index is 13.3. The first kappa shape index (κ1) is 15.5. The van der Waals surface area contributed by atoms with E-state index in [1.165, 1.54) is 62.3 Å². The van der Waals surface area contributed by atoms with Gasteiger partial charge in [-0.15, -0.1) is 0 Å². The zero-order chi connectivity index (χ0) is 15.4. The molecule has 22 heavy (non-hydrogen) atoms. The highest BCUT2D eigenvalue weighted by Gasteiger charge is 2.22. The number of hydrogen-bond acceptors (Lipinski definition) is 0. The summed E-state index contributed by atoms with van der Waals surface area (Å²) in [5, 5.41) is 2.18. The Balaban J connectivity index is 1.62. The van der Waals surface area contributed by atoms with Crippen molar-refractivity contribution in [1.29, 1.82) is 0 Å². The molecule has 2 aromatic carbocycles. The van der Waals surface area contributed by atoms with Gasteiger partial charge < -0.3 is 0 Å². The van der Waals surface area contributed by atoms with E-state index in [2.05, 4.69) is 25.1 Å². The normalized spacial score (nSPS) is 22.1. The average molecular weight is 298 g/mol. The van der Waals surface area contributed by atoms with Crippen molar-refractivity contribution in [2.45, 2.75) is 64.2 Å². The Morgan fingerprint density at radius 2 is 1.64 bits per heavy atom. The first-order valence-corrected chi connectivity index (χ1v) is 8.95. The Morgan fingerprint density at radius 1 is 0.909 bits per heavy atom. The van der Waals surface area contributed by atoms with Crippen LogP contribution in [0.15, 0.2) is 36.4 Å². The molecule has 0 unspecified atom stereocenters. The number of rotatable bonds is 5. The molecule has 0 aliphatic heterocycles. The molecule has 1 aliphatic rings. The van der Waals surface area contributed by atoms with E-state index < -0.39 is 0 Å². The smallest absolute Gasteiger partial charge is 0.123 e.